The molecule has 0 bridgehead atoms. The number of aromatic nitrogens is 4. The quantitative estimate of drug-likeness (QED) is 0.432. The van der Waals surface area contributed by atoms with Gasteiger partial charge >= 0.3 is 12.1 Å². The van der Waals surface area contributed by atoms with Gasteiger partial charge in [-0.3, -0.25) is 0 Å². The summed E-state index contributed by atoms with van der Waals surface area (Å²) in [6.45, 7) is 11.5. The van der Waals surface area contributed by atoms with Crippen molar-refractivity contribution in [3.05, 3.63) is 41.3 Å². The lowest BCUT2D eigenvalue weighted by Gasteiger charge is -2.18. The van der Waals surface area contributed by atoms with E-state index in [1.807, 2.05) is 18.2 Å². The van der Waals surface area contributed by atoms with E-state index in [9.17, 15) is 13.2 Å². The van der Waals surface area contributed by atoms with E-state index in [0.29, 0.717) is 5.41 Å². The lowest BCUT2D eigenvalue weighted by Crippen LogP contribution is -2.24. The number of nitrogens with one attached hydrogen (secondary N) is 1. The maximum atomic E-state index is 12.6. The first-order valence-electron chi connectivity index (χ1n) is 10.9. The van der Waals surface area contributed by atoms with Crippen LogP contribution in [0.2, 0.25) is 0 Å². The summed E-state index contributed by atoms with van der Waals surface area (Å²) in [4.78, 5) is 8.14. The van der Waals surface area contributed by atoms with Crippen LogP contribution in [0.1, 0.15) is 63.6 Å². The fourth-order valence-corrected chi connectivity index (χ4v) is 3.33. The minimum absolute atomic E-state index is 0.129. The van der Waals surface area contributed by atoms with Gasteiger partial charge in [0.2, 0.25) is 0 Å². The van der Waals surface area contributed by atoms with E-state index >= 15 is 0 Å². The first kappa shape index (κ1) is 24.0. The molecule has 3 aromatic rings. The zero-order valence-corrected chi connectivity index (χ0v) is 19.0. The highest BCUT2D eigenvalue weighted by molar-refractivity contribution is 5.81. The van der Waals surface area contributed by atoms with Crippen molar-refractivity contribution in [3.63, 3.8) is 0 Å². The van der Waals surface area contributed by atoms with Crippen LogP contribution in [0.25, 0.3) is 23.2 Å². The van der Waals surface area contributed by atoms with Crippen LogP contribution in [-0.2, 0) is 19.1 Å². The number of nitrogens with zero attached hydrogens (tertiary/aromatic N) is 4. The summed E-state index contributed by atoms with van der Waals surface area (Å²) >= 11 is 0. The van der Waals surface area contributed by atoms with E-state index in [0.717, 1.165) is 61.3 Å². The molecule has 0 aliphatic heterocycles. The molecule has 0 atom stereocenters. The van der Waals surface area contributed by atoms with Crippen LogP contribution in [0.15, 0.2) is 22.7 Å². The monoisotopic (exact) mass is 449 g/mol. The third kappa shape index (κ3) is 6.41. The fourth-order valence-electron chi connectivity index (χ4n) is 3.33. The van der Waals surface area contributed by atoms with Gasteiger partial charge in [0.05, 0.1) is 11.0 Å². The van der Waals surface area contributed by atoms with Gasteiger partial charge in [-0.15, -0.1) is 0 Å². The second-order valence-corrected chi connectivity index (χ2v) is 9.03. The molecule has 174 valence electrons. The van der Waals surface area contributed by atoms with Gasteiger partial charge in [-0.05, 0) is 48.6 Å². The molecule has 0 saturated carbocycles. The molecule has 1 aromatic carbocycles. The van der Waals surface area contributed by atoms with E-state index in [1.165, 1.54) is 6.08 Å². The third-order valence-electron chi connectivity index (χ3n) is 5.00. The highest BCUT2D eigenvalue weighted by atomic mass is 19.4. The number of alkyl halides is 3. The molecule has 1 N–H and O–H groups in total. The number of benzene rings is 1. The van der Waals surface area contributed by atoms with Crippen molar-refractivity contribution in [1.82, 2.24) is 25.0 Å². The molecule has 2 aromatic heterocycles. The summed E-state index contributed by atoms with van der Waals surface area (Å²) in [6.07, 6.45) is 1.37. The van der Waals surface area contributed by atoms with Gasteiger partial charge < -0.3 is 14.4 Å². The molecule has 0 saturated heterocycles. The fraction of sp³-hybridized carbons (Fsp3) is 0.522. The molecule has 0 fully saturated rings. The Morgan fingerprint density at radius 2 is 1.88 bits per heavy atom. The van der Waals surface area contributed by atoms with Crippen LogP contribution < -0.4 is 5.32 Å². The Labute approximate surface area is 185 Å². The van der Waals surface area contributed by atoms with Gasteiger partial charge in [-0.2, -0.15) is 18.2 Å². The molecule has 6 nitrogen and oxygen atoms in total. The summed E-state index contributed by atoms with van der Waals surface area (Å²) in [5, 5.41) is 6.86. The standard InChI is InChI=1S/C23H30F3N5O/c1-5-6-20-28-17-15-16(8-10-19-29-21(32-30-19)23(24,25)26)7-9-18(17)31(20)14-13-27-12-11-22(2,3)4/h7-10,15,27H,5-6,11-14H2,1-4H3/b10-8+. The molecular formula is C23H30F3N5O. The number of halogens is 3. The molecule has 0 amide bonds. The topological polar surface area (TPSA) is 68.8 Å². The number of imidazole rings is 1. The maximum Gasteiger partial charge on any atom is 0.471 e. The summed E-state index contributed by atoms with van der Waals surface area (Å²) in [5.41, 5.74) is 3.00. The Hall–Kier alpha value is -2.68. The first-order valence-corrected chi connectivity index (χ1v) is 10.9. The molecule has 3 rings (SSSR count). The van der Waals surface area contributed by atoms with Crippen LogP contribution in [0.5, 0.6) is 0 Å². The van der Waals surface area contributed by atoms with Crippen molar-refractivity contribution >= 4 is 23.2 Å². The number of fused-ring (bicyclic) bond motifs is 1. The van der Waals surface area contributed by atoms with E-state index in [1.54, 1.807) is 6.08 Å². The lowest BCUT2D eigenvalue weighted by atomic mass is 9.92. The van der Waals surface area contributed by atoms with Crippen LogP contribution in [0.4, 0.5) is 13.2 Å². The predicted octanol–water partition coefficient (Wildman–Crippen LogP) is 5.59. The minimum Gasteiger partial charge on any atom is -0.329 e. The average Bonchev–Trinajstić information content (AvgIpc) is 3.30. The van der Waals surface area contributed by atoms with E-state index in [2.05, 4.69) is 52.2 Å². The average molecular weight is 450 g/mol. The van der Waals surface area contributed by atoms with E-state index in [-0.39, 0.29) is 5.82 Å². The second kappa shape index (κ2) is 9.85. The Balaban J connectivity index is 1.73. The summed E-state index contributed by atoms with van der Waals surface area (Å²) in [7, 11) is 0. The van der Waals surface area contributed by atoms with Gasteiger partial charge in [-0.25, -0.2) is 4.98 Å². The number of hydrogen-bond acceptors (Lipinski definition) is 5. The Morgan fingerprint density at radius 1 is 1.09 bits per heavy atom. The summed E-state index contributed by atoms with van der Waals surface area (Å²) < 4.78 is 44.3. The van der Waals surface area contributed by atoms with Crippen molar-refractivity contribution in [1.29, 1.82) is 0 Å². The highest BCUT2D eigenvalue weighted by Gasteiger charge is 2.38. The SMILES string of the molecule is CCCc1nc2cc(/C=C/c3noc(C(F)(F)F)n3)ccc2n1CCNCCC(C)(C)C. The summed E-state index contributed by atoms with van der Waals surface area (Å²) in [5.74, 6) is -0.447. The van der Waals surface area contributed by atoms with E-state index in [4.69, 9.17) is 4.98 Å². The smallest absolute Gasteiger partial charge is 0.329 e. The van der Waals surface area contributed by atoms with Crippen LogP contribution in [-0.4, -0.2) is 32.8 Å². The van der Waals surface area contributed by atoms with E-state index < -0.39 is 12.1 Å². The van der Waals surface area contributed by atoms with Crippen LogP contribution in [0, 0.1) is 5.41 Å². The zero-order chi connectivity index (χ0) is 23.4. The number of aryl methyl sites for hydroxylation is 1. The molecule has 2 heterocycles. The molecule has 0 radical (unpaired) electrons. The number of rotatable bonds is 9. The summed E-state index contributed by atoms with van der Waals surface area (Å²) in [6, 6.07) is 5.82. The van der Waals surface area contributed by atoms with Gasteiger partial charge in [0.25, 0.3) is 0 Å². The normalized spacial score (nSPS) is 13.0. The largest absolute Gasteiger partial charge is 0.471 e. The van der Waals surface area contributed by atoms with Crippen LogP contribution >= 0.6 is 0 Å². The Bertz CT molecular complexity index is 1060. The second-order valence-electron chi connectivity index (χ2n) is 9.03. The lowest BCUT2D eigenvalue weighted by molar-refractivity contribution is -0.159. The minimum atomic E-state index is -4.65. The molecule has 0 unspecified atom stereocenters. The van der Waals surface area contributed by atoms with Crippen molar-refractivity contribution in [3.8, 4) is 0 Å². The molecular weight excluding hydrogens is 419 g/mol. The Morgan fingerprint density at radius 3 is 2.53 bits per heavy atom. The van der Waals surface area contributed by atoms with Gasteiger partial charge in [0.15, 0.2) is 5.82 Å². The predicted molar refractivity (Wildman–Crippen MR) is 119 cm³/mol. The maximum absolute atomic E-state index is 12.6. The van der Waals surface area contributed by atoms with Gasteiger partial charge in [0, 0.05) is 19.5 Å². The first-order chi connectivity index (χ1) is 15.1. The van der Waals surface area contributed by atoms with Crippen molar-refractivity contribution < 1.29 is 17.7 Å². The number of hydrogen-bond donors (Lipinski definition) is 1. The molecule has 0 spiro atoms. The Kier molecular flexibility index (Phi) is 7.38. The van der Waals surface area contributed by atoms with Gasteiger partial charge in [-0.1, -0.05) is 45.0 Å². The van der Waals surface area contributed by atoms with Crippen molar-refractivity contribution in [2.24, 2.45) is 5.41 Å². The van der Waals surface area contributed by atoms with Crippen molar-refractivity contribution in [2.75, 3.05) is 13.1 Å². The van der Waals surface area contributed by atoms with Gasteiger partial charge in [0.1, 0.15) is 5.82 Å². The molecule has 32 heavy (non-hydrogen) atoms. The molecule has 0 aliphatic rings. The third-order valence-corrected chi connectivity index (χ3v) is 5.00. The zero-order valence-electron chi connectivity index (χ0n) is 19.0. The van der Waals surface area contributed by atoms with Crippen molar-refractivity contribution in [2.45, 2.75) is 59.7 Å². The molecule has 9 heteroatoms. The van der Waals surface area contributed by atoms with Crippen LogP contribution in [0.3, 0.4) is 0 Å². The molecule has 0 aliphatic carbocycles. The highest BCUT2D eigenvalue weighted by Crippen LogP contribution is 2.27.